The van der Waals surface area contributed by atoms with Crippen molar-refractivity contribution in [2.75, 3.05) is 46.1 Å². The number of esters is 2. The molecule has 12 nitrogen and oxygen atoms in total. The van der Waals surface area contributed by atoms with Crippen LogP contribution < -0.4 is 15.4 Å². The third kappa shape index (κ3) is 14.7. The molecule has 1 aromatic rings. The zero-order chi connectivity index (χ0) is 25.9. The first-order valence-corrected chi connectivity index (χ1v) is 10.6. The fourth-order valence-corrected chi connectivity index (χ4v) is 2.26. The van der Waals surface area contributed by atoms with Gasteiger partial charge in [-0.1, -0.05) is 25.3 Å². The van der Waals surface area contributed by atoms with Gasteiger partial charge in [0.05, 0.1) is 19.7 Å². The maximum atomic E-state index is 11.6. The number of rotatable bonds is 16. The third-order valence-corrected chi connectivity index (χ3v) is 3.96. The number of ether oxygens (including phenoxy) is 5. The van der Waals surface area contributed by atoms with Gasteiger partial charge in [-0.3, -0.25) is 0 Å². The number of aliphatic hydroxyl groups excluding tert-OH is 1. The molecule has 0 saturated carbocycles. The van der Waals surface area contributed by atoms with Gasteiger partial charge in [0.15, 0.2) is 0 Å². The molecule has 1 rings (SSSR count). The van der Waals surface area contributed by atoms with E-state index >= 15 is 0 Å². The zero-order valence-corrected chi connectivity index (χ0v) is 19.2. The van der Waals surface area contributed by atoms with Crippen LogP contribution in [-0.4, -0.2) is 81.5 Å². The lowest BCUT2D eigenvalue weighted by Gasteiger charge is -2.13. The molecule has 12 heteroatoms. The van der Waals surface area contributed by atoms with Crippen LogP contribution in [0, 0.1) is 0 Å². The highest BCUT2D eigenvalue weighted by Gasteiger charge is 2.10. The van der Waals surface area contributed by atoms with E-state index < -0.39 is 30.2 Å². The van der Waals surface area contributed by atoms with Crippen LogP contribution in [0.5, 0.6) is 5.75 Å². The number of benzene rings is 1. The van der Waals surface area contributed by atoms with E-state index in [2.05, 4.69) is 28.5 Å². The molecule has 1 atom stereocenters. The lowest BCUT2D eigenvalue weighted by Crippen LogP contribution is -2.32. The van der Waals surface area contributed by atoms with Gasteiger partial charge in [0.2, 0.25) is 0 Å². The molecule has 0 aliphatic rings. The lowest BCUT2D eigenvalue weighted by molar-refractivity contribution is -0.138. The zero-order valence-electron chi connectivity index (χ0n) is 19.2. The quantitative estimate of drug-likeness (QED) is 0.130. The van der Waals surface area contributed by atoms with E-state index in [1.54, 1.807) is 24.3 Å². The highest BCUT2D eigenvalue weighted by atomic mass is 16.6. The van der Waals surface area contributed by atoms with Gasteiger partial charge in [-0.15, -0.1) is 0 Å². The van der Waals surface area contributed by atoms with Crippen LogP contribution in [0.1, 0.15) is 5.56 Å². The summed E-state index contributed by atoms with van der Waals surface area (Å²) >= 11 is 0. The number of carbonyl (C=O) groups is 4. The van der Waals surface area contributed by atoms with E-state index in [0.29, 0.717) is 12.2 Å². The highest BCUT2D eigenvalue weighted by Crippen LogP contribution is 2.13. The minimum absolute atomic E-state index is 0.0183. The molecule has 0 spiro atoms. The van der Waals surface area contributed by atoms with Crippen molar-refractivity contribution in [1.29, 1.82) is 0 Å². The molecule has 1 aromatic carbocycles. The number of hydrogen-bond acceptors (Lipinski definition) is 10. The molecule has 0 heterocycles. The van der Waals surface area contributed by atoms with Crippen molar-refractivity contribution < 1.29 is 48.0 Å². The van der Waals surface area contributed by atoms with Crippen LogP contribution in [0.4, 0.5) is 9.59 Å². The van der Waals surface area contributed by atoms with Crippen LogP contribution in [0.3, 0.4) is 0 Å². The van der Waals surface area contributed by atoms with Crippen LogP contribution in [-0.2, 0) is 35.0 Å². The topological polar surface area (TPSA) is 159 Å². The molecule has 0 aromatic heterocycles. The molecule has 0 radical (unpaired) electrons. The first-order chi connectivity index (χ1) is 16.8. The summed E-state index contributed by atoms with van der Waals surface area (Å²) in [5, 5.41) is 14.7. The summed E-state index contributed by atoms with van der Waals surface area (Å²) in [6.07, 6.45) is 0.0677. The molecule has 0 aliphatic carbocycles. The van der Waals surface area contributed by atoms with E-state index in [1.165, 1.54) is 0 Å². The van der Waals surface area contributed by atoms with Crippen molar-refractivity contribution in [2.24, 2.45) is 0 Å². The van der Waals surface area contributed by atoms with Gasteiger partial charge < -0.3 is 39.4 Å². The Morgan fingerprint density at radius 3 is 1.89 bits per heavy atom. The average molecular weight is 494 g/mol. The van der Waals surface area contributed by atoms with Crippen molar-refractivity contribution in [2.45, 2.75) is 12.5 Å². The van der Waals surface area contributed by atoms with Crippen LogP contribution >= 0.6 is 0 Å². The van der Waals surface area contributed by atoms with Crippen molar-refractivity contribution in [3.63, 3.8) is 0 Å². The summed E-state index contributed by atoms with van der Waals surface area (Å²) in [7, 11) is 0. The van der Waals surface area contributed by atoms with E-state index in [1.807, 2.05) is 0 Å². The maximum Gasteiger partial charge on any atom is 0.407 e. The molecule has 0 bridgehead atoms. The largest absolute Gasteiger partial charge is 0.491 e. The molecular formula is C23H30N2O10. The molecule has 0 aliphatic heterocycles. The maximum absolute atomic E-state index is 11.6. The summed E-state index contributed by atoms with van der Waals surface area (Å²) in [5.74, 6) is -0.673. The number of amides is 2. The molecule has 2 amide bonds. The monoisotopic (exact) mass is 494 g/mol. The minimum Gasteiger partial charge on any atom is -0.491 e. The summed E-state index contributed by atoms with van der Waals surface area (Å²) in [6.45, 7) is 6.43. The van der Waals surface area contributed by atoms with Crippen LogP contribution in [0.15, 0.2) is 49.6 Å². The van der Waals surface area contributed by atoms with Gasteiger partial charge >= 0.3 is 24.1 Å². The van der Waals surface area contributed by atoms with Gasteiger partial charge in [0.1, 0.15) is 38.3 Å². The second kappa shape index (κ2) is 17.4. The van der Waals surface area contributed by atoms with Gasteiger partial charge in [0.25, 0.3) is 0 Å². The highest BCUT2D eigenvalue weighted by molar-refractivity contribution is 5.81. The number of hydrogen-bond donors (Lipinski definition) is 3. The second-order valence-corrected chi connectivity index (χ2v) is 6.69. The predicted molar refractivity (Wildman–Crippen MR) is 123 cm³/mol. The molecule has 35 heavy (non-hydrogen) atoms. The summed E-state index contributed by atoms with van der Waals surface area (Å²) in [6, 6.07) is 6.93. The Hall–Kier alpha value is -4.06. The Balaban J connectivity index is 2.15. The van der Waals surface area contributed by atoms with Crippen molar-refractivity contribution in [3.05, 3.63) is 55.1 Å². The van der Waals surface area contributed by atoms with Crippen molar-refractivity contribution in [1.82, 2.24) is 10.6 Å². The Kier molecular flexibility index (Phi) is 14.4. The molecule has 1 unspecified atom stereocenters. The van der Waals surface area contributed by atoms with Gasteiger partial charge in [0, 0.05) is 18.6 Å². The summed E-state index contributed by atoms with van der Waals surface area (Å²) in [5.41, 5.74) is 0.893. The van der Waals surface area contributed by atoms with E-state index in [0.717, 1.165) is 17.7 Å². The molecule has 3 N–H and O–H groups in total. The Bertz CT molecular complexity index is 841. The van der Waals surface area contributed by atoms with E-state index in [-0.39, 0.29) is 46.1 Å². The predicted octanol–water partition coefficient (Wildman–Crippen LogP) is 0.880. The fraction of sp³-hybridized carbons (Fsp3) is 0.391. The molecule has 192 valence electrons. The Morgan fingerprint density at radius 2 is 1.34 bits per heavy atom. The third-order valence-electron chi connectivity index (χ3n) is 3.96. The van der Waals surface area contributed by atoms with Gasteiger partial charge in [-0.05, 0) is 17.7 Å². The molecule has 0 fully saturated rings. The number of carbonyl (C=O) groups excluding carboxylic acids is 4. The minimum atomic E-state index is -1.05. The fourth-order valence-electron chi connectivity index (χ4n) is 2.26. The molecule has 0 saturated heterocycles. The molecular weight excluding hydrogens is 464 g/mol. The van der Waals surface area contributed by atoms with E-state index in [4.69, 9.17) is 18.9 Å². The average Bonchev–Trinajstić information content (AvgIpc) is 2.87. The Labute approximate surface area is 202 Å². The van der Waals surface area contributed by atoms with Crippen LogP contribution in [0.2, 0.25) is 0 Å². The lowest BCUT2D eigenvalue weighted by atomic mass is 10.1. The Morgan fingerprint density at radius 1 is 0.800 bits per heavy atom. The number of alkyl carbamates (subject to hydrolysis) is 2. The van der Waals surface area contributed by atoms with E-state index in [9.17, 15) is 24.3 Å². The second-order valence-electron chi connectivity index (χ2n) is 6.69. The van der Waals surface area contributed by atoms with Gasteiger partial charge in [-0.25, -0.2) is 19.2 Å². The number of nitrogens with one attached hydrogen (secondary N) is 2. The van der Waals surface area contributed by atoms with Crippen molar-refractivity contribution in [3.8, 4) is 5.75 Å². The summed E-state index contributed by atoms with van der Waals surface area (Å²) in [4.78, 5) is 44.8. The van der Waals surface area contributed by atoms with Crippen molar-refractivity contribution >= 4 is 24.1 Å². The van der Waals surface area contributed by atoms with Gasteiger partial charge in [-0.2, -0.15) is 0 Å². The van der Waals surface area contributed by atoms with Crippen LogP contribution in [0.25, 0.3) is 0 Å². The summed E-state index contributed by atoms with van der Waals surface area (Å²) < 4.78 is 24.7. The number of aliphatic hydroxyl groups is 1. The first-order valence-electron chi connectivity index (χ1n) is 10.6. The standard InChI is InChI=1S/C23H30N2O10/c1-3-20(27)31-13-10-24-22(29)33-12-9-17-5-7-19(8-6-17)34-15-18(26)16-35-23(30)25-11-14-32-21(28)4-2/h3-8,18,26H,1-2,9-16H2,(H,24,29)(H,25,30). The smallest absolute Gasteiger partial charge is 0.407 e. The SMILES string of the molecule is C=CC(=O)OCCNC(=O)OCCc1ccc(OCC(O)COC(=O)NCCOC(=O)C=C)cc1. The normalized spacial score (nSPS) is 10.8. The first kappa shape index (κ1) is 29.0.